The summed E-state index contributed by atoms with van der Waals surface area (Å²) >= 11 is 0. The number of anilines is 2. The molecule has 1 aromatic rings. The maximum absolute atomic E-state index is 12.3. The summed E-state index contributed by atoms with van der Waals surface area (Å²) in [6.07, 6.45) is 1.13. The summed E-state index contributed by atoms with van der Waals surface area (Å²) in [5.41, 5.74) is 7.12. The van der Waals surface area contributed by atoms with E-state index in [9.17, 15) is 4.79 Å². The molecule has 4 heteroatoms. The van der Waals surface area contributed by atoms with Crippen LogP contribution in [0, 0.1) is 5.92 Å². The second-order valence-electron chi connectivity index (χ2n) is 5.39. The number of rotatable bonds is 7. The minimum atomic E-state index is -0.143. The predicted molar refractivity (Wildman–Crippen MR) is 85.6 cm³/mol. The van der Waals surface area contributed by atoms with Crippen molar-refractivity contribution in [2.24, 2.45) is 5.92 Å². The molecule has 3 N–H and O–H groups in total. The van der Waals surface area contributed by atoms with E-state index < -0.39 is 0 Å². The second-order valence-corrected chi connectivity index (χ2v) is 5.39. The number of benzene rings is 1. The third-order valence-electron chi connectivity index (χ3n) is 3.73. The molecule has 0 radical (unpaired) electrons. The topological polar surface area (TPSA) is 58.4 Å². The van der Waals surface area contributed by atoms with Gasteiger partial charge in [0.05, 0.1) is 6.04 Å². The number of amides is 1. The smallest absolute Gasteiger partial charge is 0.241 e. The van der Waals surface area contributed by atoms with Gasteiger partial charge < -0.3 is 11.1 Å². The summed E-state index contributed by atoms with van der Waals surface area (Å²) in [7, 11) is 0. The molecule has 0 aromatic heterocycles. The predicted octanol–water partition coefficient (Wildman–Crippen LogP) is 2.96. The Balaban J connectivity index is 2.65. The van der Waals surface area contributed by atoms with Gasteiger partial charge in [0.2, 0.25) is 5.91 Å². The zero-order valence-electron chi connectivity index (χ0n) is 13.0. The van der Waals surface area contributed by atoms with Crippen LogP contribution in [-0.4, -0.2) is 29.9 Å². The number of nitrogens with one attached hydrogen (secondary N) is 1. The van der Waals surface area contributed by atoms with Gasteiger partial charge in [0.1, 0.15) is 0 Å². The van der Waals surface area contributed by atoms with Crippen molar-refractivity contribution in [2.45, 2.75) is 40.2 Å². The van der Waals surface area contributed by atoms with Crippen molar-refractivity contribution < 1.29 is 4.79 Å². The van der Waals surface area contributed by atoms with E-state index in [0.717, 1.165) is 25.2 Å². The van der Waals surface area contributed by atoms with Crippen molar-refractivity contribution in [2.75, 3.05) is 24.1 Å². The van der Waals surface area contributed by atoms with Gasteiger partial charge >= 0.3 is 0 Å². The van der Waals surface area contributed by atoms with E-state index >= 15 is 0 Å². The van der Waals surface area contributed by atoms with Crippen molar-refractivity contribution in [3.05, 3.63) is 24.3 Å². The van der Waals surface area contributed by atoms with E-state index in [4.69, 9.17) is 5.73 Å². The van der Waals surface area contributed by atoms with E-state index in [1.807, 2.05) is 19.1 Å². The van der Waals surface area contributed by atoms with Gasteiger partial charge in [-0.3, -0.25) is 9.69 Å². The molecule has 0 heterocycles. The summed E-state index contributed by atoms with van der Waals surface area (Å²) in [6, 6.07) is 7.13. The van der Waals surface area contributed by atoms with Crippen molar-refractivity contribution in [1.29, 1.82) is 0 Å². The van der Waals surface area contributed by atoms with Crippen molar-refractivity contribution >= 4 is 17.3 Å². The quantitative estimate of drug-likeness (QED) is 0.753. The van der Waals surface area contributed by atoms with Crippen molar-refractivity contribution in [1.82, 2.24) is 4.90 Å². The number of hydrogen-bond acceptors (Lipinski definition) is 3. The maximum Gasteiger partial charge on any atom is 0.241 e. The molecule has 1 aromatic carbocycles. The highest BCUT2D eigenvalue weighted by Crippen LogP contribution is 2.14. The van der Waals surface area contributed by atoms with E-state index in [0.29, 0.717) is 11.6 Å². The number of carbonyl (C=O) groups is 1. The van der Waals surface area contributed by atoms with Gasteiger partial charge in [0.15, 0.2) is 0 Å². The molecule has 1 amide bonds. The average molecular weight is 277 g/mol. The van der Waals surface area contributed by atoms with E-state index in [1.54, 1.807) is 12.1 Å². The highest BCUT2D eigenvalue weighted by molar-refractivity contribution is 5.94. The van der Waals surface area contributed by atoms with Gasteiger partial charge in [0.25, 0.3) is 0 Å². The second kappa shape index (κ2) is 7.90. The Morgan fingerprint density at radius 1 is 1.35 bits per heavy atom. The molecule has 20 heavy (non-hydrogen) atoms. The van der Waals surface area contributed by atoms with Gasteiger partial charge in [-0.05, 0) is 37.6 Å². The van der Waals surface area contributed by atoms with Crippen LogP contribution in [0.3, 0.4) is 0 Å². The number of hydrogen-bond donors (Lipinski definition) is 2. The summed E-state index contributed by atoms with van der Waals surface area (Å²) in [5, 5.41) is 2.93. The van der Waals surface area contributed by atoms with Crippen LogP contribution in [0.5, 0.6) is 0 Å². The van der Waals surface area contributed by atoms with Crippen LogP contribution in [0.4, 0.5) is 11.4 Å². The first-order valence-electron chi connectivity index (χ1n) is 7.38. The third-order valence-corrected chi connectivity index (χ3v) is 3.73. The highest BCUT2D eigenvalue weighted by atomic mass is 16.2. The Morgan fingerprint density at radius 2 is 2.05 bits per heavy atom. The molecular weight excluding hydrogens is 250 g/mol. The van der Waals surface area contributed by atoms with Crippen LogP contribution in [0.15, 0.2) is 24.3 Å². The number of likely N-dealkylation sites (N-methyl/N-ethyl adjacent to an activating group) is 1. The molecule has 0 aliphatic rings. The number of nitrogen functional groups attached to an aromatic ring is 1. The third kappa shape index (κ3) is 4.85. The average Bonchev–Trinajstić information content (AvgIpc) is 2.43. The van der Waals surface area contributed by atoms with E-state index in [2.05, 4.69) is 31.0 Å². The number of nitrogens with two attached hydrogens (primary N) is 1. The van der Waals surface area contributed by atoms with Crippen molar-refractivity contribution in [3.8, 4) is 0 Å². The Morgan fingerprint density at radius 3 is 2.60 bits per heavy atom. The normalized spacial score (nSPS) is 14.1. The largest absolute Gasteiger partial charge is 0.399 e. The van der Waals surface area contributed by atoms with Gasteiger partial charge in [-0.15, -0.1) is 0 Å². The summed E-state index contributed by atoms with van der Waals surface area (Å²) in [5.74, 6) is 0.610. The molecule has 2 atom stereocenters. The Bertz CT molecular complexity index is 433. The van der Waals surface area contributed by atoms with Crippen LogP contribution in [0.25, 0.3) is 0 Å². The highest BCUT2D eigenvalue weighted by Gasteiger charge is 2.21. The van der Waals surface area contributed by atoms with Crippen LogP contribution in [0.1, 0.15) is 34.1 Å². The van der Waals surface area contributed by atoms with E-state index in [1.165, 1.54) is 0 Å². The SMILES string of the molecule is CCC(C)CN(CC)C(C)C(=O)Nc1cccc(N)c1. The van der Waals surface area contributed by atoms with Gasteiger partial charge in [-0.2, -0.15) is 0 Å². The Labute approximate surface area is 122 Å². The summed E-state index contributed by atoms with van der Waals surface area (Å²) in [6.45, 7) is 10.2. The van der Waals surface area contributed by atoms with Crippen LogP contribution in [0.2, 0.25) is 0 Å². The first kappa shape index (κ1) is 16.5. The van der Waals surface area contributed by atoms with Gasteiger partial charge in [-0.1, -0.05) is 33.3 Å². The number of carbonyl (C=O) groups excluding carboxylic acids is 1. The molecule has 0 aliphatic carbocycles. The summed E-state index contributed by atoms with van der Waals surface area (Å²) in [4.78, 5) is 14.5. The standard InChI is InChI=1S/C16H27N3O/c1-5-12(3)11-19(6-2)13(4)16(20)18-15-9-7-8-14(17)10-15/h7-10,12-13H,5-6,11,17H2,1-4H3,(H,18,20). The minimum absolute atomic E-state index is 0.0146. The molecule has 4 nitrogen and oxygen atoms in total. The van der Waals surface area contributed by atoms with Crippen molar-refractivity contribution in [3.63, 3.8) is 0 Å². The molecule has 2 unspecified atom stereocenters. The first-order valence-corrected chi connectivity index (χ1v) is 7.38. The molecule has 0 saturated carbocycles. The van der Waals surface area contributed by atoms with E-state index in [-0.39, 0.29) is 11.9 Å². The van der Waals surface area contributed by atoms with Crippen LogP contribution in [-0.2, 0) is 4.79 Å². The first-order chi connectivity index (χ1) is 9.47. The lowest BCUT2D eigenvalue weighted by Crippen LogP contribution is -2.43. The van der Waals surface area contributed by atoms with Gasteiger partial charge in [0, 0.05) is 17.9 Å². The lowest BCUT2D eigenvalue weighted by molar-refractivity contribution is -0.120. The Kier molecular flexibility index (Phi) is 6.52. The monoisotopic (exact) mass is 277 g/mol. The Hall–Kier alpha value is -1.55. The van der Waals surface area contributed by atoms with Crippen LogP contribution < -0.4 is 11.1 Å². The fourth-order valence-electron chi connectivity index (χ4n) is 2.12. The lowest BCUT2D eigenvalue weighted by atomic mass is 10.1. The molecule has 0 aliphatic heterocycles. The molecule has 1 rings (SSSR count). The molecule has 0 fully saturated rings. The van der Waals surface area contributed by atoms with Crippen LogP contribution >= 0.6 is 0 Å². The fraction of sp³-hybridized carbons (Fsp3) is 0.562. The maximum atomic E-state index is 12.3. The molecular formula is C16H27N3O. The van der Waals surface area contributed by atoms with Gasteiger partial charge in [-0.25, -0.2) is 0 Å². The molecule has 0 spiro atoms. The zero-order valence-corrected chi connectivity index (χ0v) is 13.0. The molecule has 0 saturated heterocycles. The zero-order chi connectivity index (χ0) is 15.1. The minimum Gasteiger partial charge on any atom is -0.399 e. The number of nitrogens with zero attached hydrogens (tertiary/aromatic N) is 1. The lowest BCUT2D eigenvalue weighted by Gasteiger charge is -2.29. The fourth-order valence-corrected chi connectivity index (χ4v) is 2.12. The summed E-state index contributed by atoms with van der Waals surface area (Å²) < 4.78 is 0. The molecule has 112 valence electrons. The molecule has 0 bridgehead atoms.